The number of nitrogens with one attached hydrogen (secondary N) is 1. The molecule has 3 aromatic rings. The van der Waals surface area contributed by atoms with E-state index in [1.807, 2.05) is 37.6 Å². The molecule has 0 spiro atoms. The smallest absolute Gasteiger partial charge is 0.309 e. The van der Waals surface area contributed by atoms with Crippen molar-refractivity contribution in [2.45, 2.75) is 18.9 Å². The standard InChI is InChI=1S/C15H15N5O2/c1-20-7-10(6-16-20)11-5-12(11)15(21)22-8-9-2-3-13-14(4-9)18-19-17-13/h2-4,6-7,11-12H,5,8H2,1H3,(H,17,18,19)/t11-,12+/m1/s1. The van der Waals surface area contributed by atoms with E-state index in [0.29, 0.717) is 0 Å². The first-order valence-corrected chi connectivity index (χ1v) is 7.15. The first kappa shape index (κ1) is 13.0. The molecule has 1 aliphatic rings. The number of rotatable bonds is 4. The molecule has 2 atom stereocenters. The fourth-order valence-corrected chi connectivity index (χ4v) is 2.69. The van der Waals surface area contributed by atoms with Crippen molar-refractivity contribution in [1.82, 2.24) is 25.2 Å². The number of esters is 1. The number of carbonyl (C=O) groups is 1. The SMILES string of the molecule is Cn1cc([C@H]2C[C@@H]2C(=O)OCc2ccc3n[nH]nc3c2)cn1. The minimum Gasteiger partial charge on any atom is -0.461 e. The maximum atomic E-state index is 12.1. The van der Waals surface area contributed by atoms with E-state index in [2.05, 4.69) is 20.5 Å². The molecule has 1 N–H and O–H groups in total. The van der Waals surface area contributed by atoms with Crippen LogP contribution in [0.25, 0.3) is 11.0 Å². The predicted octanol–water partition coefficient (Wildman–Crippen LogP) is 1.54. The summed E-state index contributed by atoms with van der Waals surface area (Å²) >= 11 is 0. The molecule has 1 aliphatic carbocycles. The highest BCUT2D eigenvalue weighted by molar-refractivity contribution is 5.77. The highest BCUT2D eigenvalue weighted by Gasteiger charge is 2.45. The number of H-pyrrole nitrogens is 1. The van der Waals surface area contributed by atoms with E-state index in [4.69, 9.17) is 4.74 Å². The highest BCUT2D eigenvalue weighted by Crippen LogP contribution is 2.48. The van der Waals surface area contributed by atoms with Crippen LogP contribution in [0.2, 0.25) is 0 Å². The molecule has 1 aromatic carbocycles. The van der Waals surface area contributed by atoms with Crippen LogP contribution in [0.3, 0.4) is 0 Å². The van der Waals surface area contributed by atoms with Crippen molar-refractivity contribution in [3.8, 4) is 0 Å². The van der Waals surface area contributed by atoms with E-state index >= 15 is 0 Å². The average Bonchev–Trinajstić information content (AvgIpc) is 2.97. The van der Waals surface area contributed by atoms with Crippen molar-refractivity contribution in [3.63, 3.8) is 0 Å². The third kappa shape index (κ3) is 2.34. The quantitative estimate of drug-likeness (QED) is 0.738. The van der Waals surface area contributed by atoms with Crippen LogP contribution in [0.1, 0.15) is 23.5 Å². The molecule has 0 radical (unpaired) electrons. The Bertz CT molecular complexity index is 837. The summed E-state index contributed by atoms with van der Waals surface area (Å²) in [6, 6.07) is 5.62. The van der Waals surface area contributed by atoms with Crippen molar-refractivity contribution in [2.24, 2.45) is 13.0 Å². The number of hydrogen-bond acceptors (Lipinski definition) is 5. The van der Waals surface area contributed by atoms with E-state index in [-0.39, 0.29) is 24.4 Å². The lowest BCUT2D eigenvalue weighted by Crippen LogP contribution is -2.07. The third-order valence-electron chi connectivity index (χ3n) is 4.01. The second kappa shape index (κ2) is 4.94. The molecular formula is C15H15N5O2. The number of carbonyl (C=O) groups excluding carboxylic acids is 1. The molecule has 0 amide bonds. The van der Waals surface area contributed by atoms with E-state index in [1.165, 1.54) is 0 Å². The molecule has 0 saturated heterocycles. The molecule has 2 aromatic heterocycles. The van der Waals surface area contributed by atoms with Crippen LogP contribution in [-0.4, -0.2) is 31.2 Å². The third-order valence-corrected chi connectivity index (χ3v) is 4.01. The summed E-state index contributed by atoms with van der Waals surface area (Å²) in [5.74, 6) is 0.0632. The molecule has 7 nitrogen and oxygen atoms in total. The Balaban J connectivity index is 1.37. The van der Waals surface area contributed by atoms with Gasteiger partial charge in [-0.15, -0.1) is 0 Å². The molecule has 7 heteroatoms. The van der Waals surface area contributed by atoms with Crippen LogP contribution in [0.5, 0.6) is 0 Å². The molecule has 22 heavy (non-hydrogen) atoms. The lowest BCUT2D eigenvalue weighted by Gasteiger charge is -2.04. The molecule has 1 saturated carbocycles. The zero-order chi connectivity index (χ0) is 15.1. The number of ether oxygens (including phenoxy) is 1. The number of benzene rings is 1. The van der Waals surface area contributed by atoms with Crippen LogP contribution < -0.4 is 0 Å². The molecule has 1 fully saturated rings. The van der Waals surface area contributed by atoms with Crippen LogP contribution in [0.4, 0.5) is 0 Å². The van der Waals surface area contributed by atoms with E-state index < -0.39 is 0 Å². The van der Waals surface area contributed by atoms with Gasteiger partial charge in [0.05, 0.1) is 12.1 Å². The lowest BCUT2D eigenvalue weighted by molar-refractivity contribution is -0.146. The Morgan fingerprint density at radius 1 is 1.41 bits per heavy atom. The van der Waals surface area contributed by atoms with Gasteiger partial charge in [0.15, 0.2) is 0 Å². The van der Waals surface area contributed by atoms with Crippen molar-refractivity contribution in [2.75, 3.05) is 0 Å². The summed E-state index contributed by atoms with van der Waals surface area (Å²) in [4.78, 5) is 12.1. The number of aryl methyl sites for hydroxylation is 1. The molecular weight excluding hydrogens is 282 g/mol. The zero-order valence-electron chi connectivity index (χ0n) is 12.1. The average molecular weight is 297 g/mol. The number of aromatic amines is 1. The Morgan fingerprint density at radius 2 is 2.27 bits per heavy atom. The normalized spacial score (nSPS) is 20.2. The van der Waals surface area contributed by atoms with Gasteiger partial charge >= 0.3 is 5.97 Å². The maximum Gasteiger partial charge on any atom is 0.309 e. The summed E-state index contributed by atoms with van der Waals surface area (Å²) in [5, 5.41) is 14.7. The topological polar surface area (TPSA) is 85.7 Å². The highest BCUT2D eigenvalue weighted by atomic mass is 16.5. The monoisotopic (exact) mass is 297 g/mol. The van der Waals surface area contributed by atoms with Gasteiger partial charge in [0.1, 0.15) is 17.6 Å². The molecule has 2 heterocycles. The van der Waals surface area contributed by atoms with Crippen LogP contribution in [0, 0.1) is 5.92 Å². The Kier molecular flexibility index (Phi) is 2.92. The van der Waals surface area contributed by atoms with Gasteiger partial charge in [-0.3, -0.25) is 9.48 Å². The van der Waals surface area contributed by atoms with Gasteiger partial charge in [-0.1, -0.05) is 6.07 Å². The molecule has 0 unspecified atom stereocenters. The molecule has 4 rings (SSSR count). The number of aromatic nitrogens is 5. The van der Waals surface area contributed by atoms with Crippen molar-refractivity contribution in [3.05, 3.63) is 41.7 Å². The Morgan fingerprint density at radius 3 is 3.09 bits per heavy atom. The summed E-state index contributed by atoms with van der Waals surface area (Å²) in [7, 11) is 1.87. The number of fused-ring (bicyclic) bond motifs is 1. The van der Waals surface area contributed by atoms with E-state index in [9.17, 15) is 4.79 Å². The minimum atomic E-state index is -0.144. The van der Waals surface area contributed by atoms with Gasteiger partial charge in [0.2, 0.25) is 0 Å². The van der Waals surface area contributed by atoms with Crippen LogP contribution in [-0.2, 0) is 23.2 Å². The Labute approximate surface area is 126 Å². The largest absolute Gasteiger partial charge is 0.461 e. The van der Waals surface area contributed by atoms with Crippen molar-refractivity contribution >= 4 is 17.0 Å². The Hall–Kier alpha value is -2.70. The van der Waals surface area contributed by atoms with E-state index in [0.717, 1.165) is 28.6 Å². The second-order valence-corrected chi connectivity index (χ2v) is 5.65. The van der Waals surface area contributed by atoms with Crippen LogP contribution >= 0.6 is 0 Å². The first-order valence-electron chi connectivity index (χ1n) is 7.15. The van der Waals surface area contributed by atoms with Crippen molar-refractivity contribution < 1.29 is 9.53 Å². The second-order valence-electron chi connectivity index (χ2n) is 5.65. The maximum absolute atomic E-state index is 12.1. The predicted molar refractivity (Wildman–Crippen MR) is 77.7 cm³/mol. The fourth-order valence-electron chi connectivity index (χ4n) is 2.69. The van der Waals surface area contributed by atoms with Gasteiger partial charge in [-0.05, 0) is 29.7 Å². The minimum absolute atomic E-state index is 0.0417. The fraction of sp³-hybridized carbons (Fsp3) is 0.333. The molecule has 0 aliphatic heterocycles. The summed E-state index contributed by atoms with van der Waals surface area (Å²) in [5.41, 5.74) is 3.59. The number of nitrogens with zero attached hydrogens (tertiary/aromatic N) is 4. The first-order chi connectivity index (χ1) is 10.7. The van der Waals surface area contributed by atoms with Gasteiger partial charge in [0.25, 0.3) is 0 Å². The molecule has 112 valence electrons. The van der Waals surface area contributed by atoms with Gasteiger partial charge < -0.3 is 4.74 Å². The zero-order valence-corrected chi connectivity index (χ0v) is 12.1. The van der Waals surface area contributed by atoms with Crippen LogP contribution in [0.15, 0.2) is 30.6 Å². The lowest BCUT2D eigenvalue weighted by atomic mass is 10.2. The summed E-state index contributed by atoms with van der Waals surface area (Å²) in [6.07, 6.45) is 4.61. The van der Waals surface area contributed by atoms with E-state index in [1.54, 1.807) is 4.68 Å². The van der Waals surface area contributed by atoms with Gasteiger partial charge in [0, 0.05) is 19.2 Å². The van der Waals surface area contributed by atoms with Crippen molar-refractivity contribution in [1.29, 1.82) is 0 Å². The van der Waals surface area contributed by atoms with Gasteiger partial charge in [-0.2, -0.15) is 20.5 Å². The summed E-state index contributed by atoms with van der Waals surface area (Å²) in [6.45, 7) is 0.262. The molecule has 0 bridgehead atoms. The summed E-state index contributed by atoms with van der Waals surface area (Å²) < 4.78 is 7.16. The van der Waals surface area contributed by atoms with Gasteiger partial charge in [-0.25, -0.2) is 0 Å². The number of hydrogen-bond donors (Lipinski definition) is 1.